The molecule has 1 aliphatic heterocycles. The number of pyridine rings is 1. The predicted molar refractivity (Wildman–Crippen MR) is 102 cm³/mol. The van der Waals surface area contributed by atoms with Gasteiger partial charge in [0.2, 0.25) is 11.8 Å². The van der Waals surface area contributed by atoms with Crippen LogP contribution < -0.4 is 15.5 Å². The van der Waals surface area contributed by atoms with Crippen LogP contribution >= 0.6 is 0 Å². The van der Waals surface area contributed by atoms with Gasteiger partial charge in [0.05, 0.1) is 0 Å². The number of hydrogen-bond acceptors (Lipinski definition) is 4. The number of nitrogens with zero attached hydrogens (tertiary/aromatic N) is 2. The summed E-state index contributed by atoms with van der Waals surface area (Å²) in [5.74, 6) is 2.50. The Balaban J connectivity index is 1.35. The highest BCUT2D eigenvalue weighted by Crippen LogP contribution is 2.37. The summed E-state index contributed by atoms with van der Waals surface area (Å²) in [5, 5.41) is 5.72. The SMILES string of the molecule is CC1CCN(c2ccc(CNC(=O)CCNC(=O)C3CC3C)cn2)CC1. The second kappa shape index (κ2) is 8.52. The number of piperidine rings is 1. The highest BCUT2D eigenvalue weighted by molar-refractivity contribution is 5.82. The van der Waals surface area contributed by atoms with E-state index in [2.05, 4.69) is 34.4 Å². The van der Waals surface area contributed by atoms with E-state index < -0.39 is 0 Å². The van der Waals surface area contributed by atoms with Gasteiger partial charge in [0.25, 0.3) is 0 Å². The third-order valence-corrected chi connectivity index (χ3v) is 5.50. The van der Waals surface area contributed by atoms with E-state index in [1.807, 2.05) is 18.3 Å². The molecule has 2 N–H and O–H groups in total. The lowest BCUT2D eigenvalue weighted by Crippen LogP contribution is -2.33. The number of carbonyl (C=O) groups is 2. The monoisotopic (exact) mass is 358 g/mol. The lowest BCUT2D eigenvalue weighted by Gasteiger charge is -2.31. The molecule has 142 valence electrons. The van der Waals surface area contributed by atoms with Gasteiger partial charge in [0.15, 0.2) is 0 Å². The van der Waals surface area contributed by atoms with Crippen LogP contribution in [0.4, 0.5) is 5.82 Å². The topological polar surface area (TPSA) is 74.3 Å². The summed E-state index contributed by atoms with van der Waals surface area (Å²) >= 11 is 0. The van der Waals surface area contributed by atoms with Gasteiger partial charge in [-0.3, -0.25) is 9.59 Å². The Bertz CT molecular complexity index is 623. The van der Waals surface area contributed by atoms with Gasteiger partial charge in [-0.1, -0.05) is 19.9 Å². The summed E-state index contributed by atoms with van der Waals surface area (Å²) in [6, 6.07) is 4.06. The number of nitrogens with one attached hydrogen (secondary N) is 2. The van der Waals surface area contributed by atoms with Crippen LogP contribution in [0.5, 0.6) is 0 Å². The van der Waals surface area contributed by atoms with Gasteiger partial charge in [-0.15, -0.1) is 0 Å². The number of rotatable bonds is 7. The summed E-state index contributed by atoms with van der Waals surface area (Å²) in [6.07, 6.45) is 5.55. The highest BCUT2D eigenvalue weighted by atomic mass is 16.2. The molecule has 3 rings (SSSR count). The zero-order chi connectivity index (χ0) is 18.5. The standard InChI is InChI=1S/C20H30N4O2/c1-14-6-9-24(10-7-14)18-4-3-16(12-22-18)13-23-19(25)5-8-21-20(26)17-11-15(17)2/h3-4,12,14-15,17H,5-11,13H2,1-2H3,(H,21,26)(H,23,25). The molecule has 2 atom stereocenters. The molecule has 0 aromatic carbocycles. The van der Waals surface area contributed by atoms with E-state index in [9.17, 15) is 9.59 Å². The fraction of sp³-hybridized carbons (Fsp3) is 0.650. The zero-order valence-corrected chi connectivity index (χ0v) is 15.8. The average molecular weight is 358 g/mol. The lowest BCUT2D eigenvalue weighted by atomic mass is 9.99. The number of aromatic nitrogens is 1. The molecule has 6 heteroatoms. The van der Waals surface area contributed by atoms with Gasteiger partial charge in [-0.05, 0) is 42.7 Å². The maximum absolute atomic E-state index is 11.9. The van der Waals surface area contributed by atoms with E-state index in [0.717, 1.165) is 36.8 Å². The van der Waals surface area contributed by atoms with Crippen molar-refractivity contribution in [2.24, 2.45) is 17.8 Å². The Morgan fingerprint density at radius 1 is 1.19 bits per heavy atom. The molecule has 1 aromatic rings. The largest absolute Gasteiger partial charge is 0.357 e. The molecule has 1 saturated carbocycles. The van der Waals surface area contributed by atoms with Gasteiger partial charge < -0.3 is 15.5 Å². The predicted octanol–water partition coefficient (Wildman–Crippen LogP) is 2.10. The van der Waals surface area contributed by atoms with Crippen LogP contribution in [-0.2, 0) is 16.1 Å². The van der Waals surface area contributed by atoms with Crippen molar-refractivity contribution in [2.75, 3.05) is 24.5 Å². The second-order valence-corrected chi connectivity index (χ2v) is 7.83. The Morgan fingerprint density at radius 2 is 1.92 bits per heavy atom. The van der Waals surface area contributed by atoms with Crippen LogP contribution in [-0.4, -0.2) is 36.4 Å². The maximum Gasteiger partial charge on any atom is 0.223 e. The first-order valence-corrected chi connectivity index (χ1v) is 9.77. The van der Waals surface area contributed by atoms with Crippen molar-refractivity contribution in [3.8, 4) is 0 Å². The molecular formula is C20H30N4O2. The fourth-order valence-electron chi connectivity index (χ4n) is 3.35. The van der Waals surface area contributed by atoms with Crippen LogP contribution in [0.25, 0.3) is 0 Å². The number of amides is 2. The summed E-state index contributed by atoms with van der Waals surface area (Å²) in [4.78, 5) is 30.5. The Labute approximate surface area is 155 Å². The zero-order valence-electron chi connectivity index (χ0n) is 15.8. The first kappa shape index (κ1) is 18.7. The van der Waals surface area contributed by atoms with E-state index in [1.165, 1.54) is 12.8 Å². The van der Waals surface area contributed by atoms with E-state index in [1.54, 1.807) is 0 Å². The summed E-state index contributed by atoms with van der Waals surface area (Å²) in [5.41, 5.74) is 0.989. The molecule has 26 heavy (non-hydrogen) atoms. The quantitative estimate of drug-likeness (QED) is 0.783. The van der Waals surface area contributed by atoms with Crippen LogP contribution in [0, 0.1) is 17.8 Å². The first-order valence-electron chi connectivity index (χ1n) is 9.77. The van der Waals surface area contributed by atoms with Gasteiger partial charge in [-0.2, -0.15) is 0 Å². The van der Waals surface area contributed by atoms with E-state index in [4.69, 9.17) is 0 Å². The van der Waals surface area contributed by atoms with Crippen molar-refractivity contribution in [3.05, 3.63) is 23.9 Å². The first-order chi connectivity index (χ1) is 12.5. The third kappa shape index (κ3) is 5.19. The van der Waals surface area contributed by atoms with Crippen LogP contribution in [0.15, 0.2) is 18.3 Å². The van der Waals surface area contributed by atoms with Gasteiger partial charge >= 0.3 is 0 Å². The summed E-state index contributed by atoms with van der Waals surface area (Å²) in [6.45, 7) is 7.37. The van der Waals surface area contributed by atoms with E-state index >= 15 is 0 Å². The highest BCUT2D eigenvalue weighted by Gasteiger charge is 2.38. The van der Waals surface area contributed by atoms with Crippen molar-refractivity contribution in [2.45, 2.75) is 46.1 Å². The molecule has 6 nitrogen and oxygen atoms in total. The molecule has 1 saturated heterocycles. The summed E-state index contributed by atoms with van der Waals surface area (Å²) in [7, 11) is 0. The van der Waals surface area contributed by atoms with Crippen molar-refractivity contribution in [3.63, 3.8) is 0 Å². The minimum Gasteiger partial charge on any atom is -0.357 e. The van der Waals surface area contributed by atoms with Gasteiger partial charge in [0.1, 0.15) is 5.82 Å². The molecule has 0 spiro atoms. The van der Waals surface area contributed by atoms with Crippen LogP contribution in [0.3, 0.4) is 0 Å². The normalized spacial score (nSPS) is 22.8. The minimum absolute atomic E-state index is 0.0526. The maximum atomic E-state index is 11.9. The molecule has 2 fully saturated rings. The molecule has 2 unspecified atom stereocenters. The lowest BCUT2D eigenvalue weighted by molar-refractivity contribution is -0.123. The Hall–Kier alpha value is -2.11. The van der Waals surface area contributed by atoms with Crippen molar-refractivity contribution in [1.82, 2.24) is 15.6 Å². The van der Waals surface area contributed by atoms with Crippen molar-refractivity contribution in [1.29, 1.82) is 0 Å². The minimum atomic E-state index is -0.0526. The third-order valence-electron chi connectivity index (χ3n) is 5.50. The fourth-order valence-corrected chi connectivity index (χ4v) is 3.35. The Kier molecular flexibility index (Phi) is 6.12. The van der Waals surface area contributed by atoms with Crippen molar-refractivity contribution < 1.29 is 9.59 Å². The number of hydrogen-bond donors (Lipinski definition) is 2. The molecule has 1 aromatic heterocycles. The number of anilines is 1. The van der Waals surface area contributed by atoms with Crippen LogP contribution in [0.2, 0.25) is 0 Å². The molecule has 2 heterocycles. The Morgan fingerprint density at radius 3 is 2.54 bits per heavy atom. The molecule has 1 aliphatic carbocycles. The molecule has 0 radical (unpaired) electrons. The van der Waals surface area contributed by atoms with E-state index in [-0.39, 0.29) is 17.7 Å². The molecular weight excluding hydrogens is 328 g/mol. The second-order valence-electron chi connectivity index (χ2n) is 7.83. The van der Waals surface area contributed by atoms with Crippen molar-refractivity contribution >= 4 is 17.6 Å². The van der Waals surface area contributed by atoms with Gasteiger partial charge in [-0.25, -0.2) is 4.98 Å². The molecule has 0 bridgehead atoms. The van der Waals surface area contributed by atoms with Crippen LogP contribution in [0.1, 0.15) is 45.1 Å². The number of carbonyl (C=O) groups excluding carboxylic acids is 2. The smallest absolute Gasteiger partial charge is 0.223 e. The molecule has 2 aliphatic rings. The van der Waals surface area contributed by atoms with E-state index in [0.29, 0.717) is 25.4 Å². The molecule has 2 amide bonds. The summed E-state index contributed by atoms with van der Waals surface area (Å²) < 4.78 is 0. The van der Waals surface area contributed by atoms with Gasteiger partial charge in [0, 0.05) is 44.7 Å². The average Bonchev–Trinajstić information content (AvgIpc) is 3.38.